The highest BCUT2D eigenvalue weighted by atomic mass is 35.5. The highest BCUT2D eigenvalue weighted by molar-refractivity contribution is 7.80. The Balaban J connectivity index is 1.66. The van der Waals surface area contributed by atoms with Crippen LogP contribution in [-0.4, -0.2) is 21.2 Å². The highest BCUT2D eigenvalue weighted by Gasteiger charge is 2.19. The van der Waals surface area contributed by atoms with E-state index >= 15 is 0 Å². The summed E-state index contributed by atoms with van der Waals surface area (Å²) in [5, 5.41) is 7.96. The van der Waals surface area contributed by atoms with Crippen molar-refractivity contribution in [3.8, 4) is 0 Å². The van der Waals surface area contributed by atoms with Crippen molar-refractivity contribution in [2.24, 2.45) is 7.05 Å². The normalized spacial score (nSPS) is 11.8. The molecule has 0 amide bonds. The van der Waals surface area contributed by atoms with Crippen LogP contribution in [0.2, 0.25) is 5.02 Å². The molecule has 3 rings (SSSR count). The number of hydrogen-bond donors (Lipinski definition) is 2. The zero-order chi connectivity index (χ0) is 18.4. The van der Waals surface area contributed by atoms with Crippen LogP contribution in [0.3, 0.4) is 0 Å². The summed E-state index contributed by atoms with van der Waals surface area (Å²) in [6.07, 6.45) is 4.62. The van der Waals surface area contributed by atoms with Crippen molar-refractivity contribution in [3.63, 3.8) is 0 Å². The van der Waals surface area contributed by atoms with E-state index in [1.54, 1.807) is 6.20 Å². The summed E-state index contributed by atoms with van der Waals surface area (Å²) >= 11 is 11.5. The maximum atomic E-state index is 6.03. The van der Waals surface area contributed by atoms with Crippen molar-refractivity contribution in [1.82, 2.24) is 20.2 Å². The number of halogens is 1. The number of nitrogens with zero attached hydrogens (tertiary/aromatic N) is 2. The fourth-order valence-electron chi connectivity index (χ4n) is 2.75. The molecule has 1 heterocycles. The Morgan fingerprint density at radius 3 is 2.54 bits per heavy atom. The molecule has 6 heteroatoms. The van der Waals surface area contributed by atoms with Gasteiger partial charge in [0.1, 0.15) is 11.9 Å². The van der Waals surface area contributed by atoms with Gasteiger partial charge in [-0.25, -0.2) is 4.98 Å². The molecule has 0 bridgehead atoms. The molecule has 4 nitrogen and oxygen atoms in total. The van der Waals surface area contributed by atoms with Gasteiger partial charge < -0.3 is 15.2 Å². The first kappa shape index (κ1) is 18.4. The van der Waals surface area contributed by atoms with E-state index in [2.05, 4.69) is 27.8 Å². The highest BCUT2D eigenvalue weighted by Crippen LogP contribution is 2.22. The zero-order valence-corrected chi connectivity index (χ0v) is 16.1. The Bertz CT molecular complexity index is 846. The maximum Gasteiger partial charge on any atom is 0.167 e. The van der Waals surface area contributed by atoms with Gasteiger partial charge in [-0.2, -0.15) is 0 Å². The third kappa shape index (κ3) is 4.84. The van der Waals surface area contributed by atoms with E-state index in [9.17, 15) is 0 Å². The minimum absolute atomic E-state index is 0.149. The third-order valence-electron chi connectivity index (χ3n) is 4.14. The smallest absolute Gasteiger partial charge is 0.167 e. The Labute approximate surface area is 164 Å². The van der Waals surface area contributed by atoms with E-state index in [1.165, 1.54) is 5.56 Å². The van der Waals surface area contributed by atoms with Crippen LogP contribution in [0.25, 0.3) is 0 Å². The van der Waals surface area contributed by atoms with Gasteiger partial charge in [-0.1, -0.05) is 54.1 Å². The fourth-order valence-corrected chi connectivity index (χ4v) is 3.10. The number of nitrogens with one attached hydrogen (secondary N) is 2. The van der Waals surface area contributed by atoms with Crippen LogP contribution in [0, 0.1) is 0 Å². The molecule has 0 saturated carbocycles. The lowest BCUT2D eigenvalue weighted by Gasteiger charge is -2.21. The largest absolute Gasteiger partial charge is 0.362 e. The van der Waals surface area contributed by atoms with Gasteiger partial charge >= 0.3 is 0 Å². The van der Waals surface area contributed by atoms with Gasteiger partial charge in [0.2, 0.25) is 0 Å². The molecule has 2 N–H and O–H groups in total. The van der Waals surface area contributed by atoms with Gasteiger partial charge in [0.15, 0.2) is 5.11 Å². The van der Waals surface area contributed by atoms with Crippen LogP contribution in [0.4, 0.5) is 0 Å². The molecule has 2 aromatic carbocycles. The predicted octanol–water partition coefficient (Wildman–Crippen LogP) is 3.87. The number of hydrogen-bond acceptors (Lipinski definition) is 2. The van der Waals surface area contributed by atoms with Gasteiger partial charge in [0.25, 0.3) is 0 Å². The molecule has 0 aliphatic heterocycles. The van der Waals surface area contributed by atoms with Gasteiger partial charge in [0, 0.05) is 31.0 Å². The first-order chi connectivity index (χ1) is 12.6. The van der Waals surface area contributed by atoms with E-state index in [-0.39, 0.29) is 6.04 Å². The molecule has 26 heavy (non-hydrogen) atoms. The quantitative estimate of drug-likeness (QED) is 0.633. The lowest BCUT2D eigenvalue weighted by Crippen LogP contribution is -2.39. The standard InChI is InChI=1S/C20H21ClN4S/c1-25-14-13-22-19(25)18(16-7-9-17(21)10-8-16)24-20(26)23-12-11-15-5-3-2-4-6-15/h2-10,13-14,18H,11-12H2,1H3,(H2,23,24,26)/t18-/m1/s1. The van der Waals surface area contributed by atoms with Crippen molar-refractivity contribution in [2.45, 2.75) is 12.5 Å². The van der Waals surface area contributed by atoms with Crippen LogP contribution >= 0.6 is 23.8 Å². The molecule has 0 aliphatic carbocycles. The van der Waals surface area contributed by atoms with E-state index in [0.717, 1.165) is 24.4 Å². The first-order valence-electron chi connectivity index (χ1n) is 8.44. The van der Waals surface area contributed by atoms with Gasteiger partial charge in [-0.3, -0.25) is 0 Å². The molecule has 1 atom stereocenters. The first-order valence-corrected chi connectivity index (χ1v) is 9.23. The lowest BCUT2D eigenvalue weighted by atomic mass is 10.1. The molecule has 3 aromatic rings. The molecule has 0 saturated heterocycles. The second kappa shape index (κ2) is 8.83. The summed E-state index contributed by atoms with van der Waals surface area (Å²) in [5.74, 6) is 0.888. The summed E-state index contributed by atoms with van der Waals surface area (Å²) in [7, 11) is 1.97. The van der Waals surface area contributed by atoms with Gasteiger partial charge in [-0.15, -0.1) is 0 Å². The molecule has 0 spiro atoms. The number of thiocarbonyl (C=S) groups is 1. The molecular formula is C20H21ClN4S. The number of aromatic nitrogens is 2. The van der Waals surface area contributed by atoms with Crippen molar-refractivity contribution in [1.29, 1.82) is 0 Å². The second-order valence-electron chi connectivity index (χ2n) is 6.02. The van der Waals surface area contributed by atoms with Crippen molar-refractivity contribution >= 4 is 28.9 Å². The van der Waals surface area contributed by atoms with E-state index in [1.807, 2.05) is 60.3 Å². The van der Waals surface area contributed by atoms with Crippen molar-refractivity contribution in [2.75, 3.05) is 6.54 Å². The van der Waals surface area contributed by atoms with Crippen LogP contribution in [0.5, 0.6) is 0 Å². The monoisotopic (exact) mass is 384 g/mol. The van der Waals surface area contributed by atoms with Crippen LogP contribution in [0.15, 0.2) is 67.0 Å². The SMILES string of the molecule is Cn1ccnc1[C@H](NC(=S)NCCc1ccccc1)c1ccc(Cl)cc1. The molecule has 134 valence electrons. The lowest BCUT2D eigenvalue weighted by molar-refractivity contribution is 0.651. The van der Waals surface area contributed by atoms with E-state index in [0.29, 0.717) is 10.1 Å². The average Bonchev–Trinajstić information content (AvgIpc) is 3.07. The average molecular weight is 385 g/mol. The summed E-state index contributed by atoms with van der Waals surface area (Å²) < 4.78 is 1.98. The molecule has 1 aromatic heterocycles. The maximum absolute atomic E-state index is 6.03. The van der Waals surface area contributed by atoms with E-state index in [4.69, 9.17) is 23.8 Å². The fraction of sp³-hybridized carbons (Fsp3) is 0.200. The van der Waals surface area contributed by atoms with E-state index < -0.39 is 0 Å². The Kier molecular flexibility index (Phi) is 6.26. The zero-order valence-electron chi connectivity index (χ0n) is 14.5. The molecule has 0 aliphatic rings. The topological polar surface area (TPSA) is 41.9 Å². The summed E-state index contributed by atoms with van der Waals surface area (Å²) in [6, 6.07) is 17.9. The second-order valence-corrected chi connectivity index (χ2v) is 6.86. The summed E-state index contributed by atoms with van der Waals surface area (Å²) in [4.78, 5) is 4.48. The van der Waals surface area contributed by atoms with Crippen molar-refractivity contribution in [3.05, 3.63) is 89.0 Å². The van der Waals surface area contributed by atoms with Gasteiger partial charge in [-0.05, 0) is 41.9 Å². The molecular weight excluding hydrogens is 364 g/mol. The minimum Gasteiger partial charge on any atom is -0.362 e. The van der Waals surface area contributed by atoms with Crippen LogP contribution < -0.4 is 10.6 Å². The predicted molar refractivity (Wildman–Crippen MR) is 110 cm³/mol. The Morgan fingerprint density at radius 1 is 1.15 bits per heavy atom. The summed E-state index contributed by atoms with van der Waals surface area (Å²) in [5.41, 5.74) is 2.33. The molecule has 0 unspecified atom stereocenters. The number of benzene rings is 2. The van der Waals surface area contributed by atoms with Crippen molar-refractivity contribution < 1.29 is 0 Å². The van der Waals surface area contributed by atoms with Crippen LogP contribution in [0.1, 0.15) is 23.0 Å². The Morgan fingerprint density at radius 2 is 1.88 bits per heavy atom. The number of aryl methyl sites for hydroxylation is 1. The molecule has 0 fully saturated rings. The summed E-state index contributed by atoms with van der Waals surface area (Å²) in [6.45, 7) is 0.768. The van der Waals surface area contributed by atoms with Crippen LogP contribution in [-0.2, 0) is 13.5 Å². The number of rotatable bonds is 6. The Hall–Kier alpha value is -2.37. The minimum atomic E-state index is -0.149. The van der Waals surface area contributed by atoms with Gasteiger partial charge in [0.05, 0.1) is 0 Å². The molecule has 0 radical (unpaired) electrons. The third-order valence-corrected chi connectivity index (χ3v) is 4.65. The number of imidazole rings is 1.